The fourth-order valence-electron chi connectivity index (χ4n) is 1.70. The highest BCUT2D eigenvalue weighted by atomic mass is 16.2. The summed E-state index contributed by atoms with van der Waals surface area (Å²) in [7, 11) is 3.89. The van der Waals surface area contributed by atoms with Crippen molar-refractivity contribution in [3.8, 4) is 0 Å². The van der Waals surface area contributed by atoms with Gasteiger partial charge in [0, 0.05) is 26.2 Å². The number of carbonyl (C=O) groups excluding carboxylic acids is 2. The molecule has 0 spiro atoms. The second kappa shape index (κ2) is 6.48. The Bertz CT molecular complexity index is 248. The fourth-order valence-corrected chi connectivity index (χ4v) is 1.70. The summed E-state index contributed by atoms with van der Waals surface area (Å²) in [4.78, 5) is 26.8. The van der Waals surface area contributed by atoms with Gasteiger partial charge in [0.1, 0.15) is 6.42 Å². The Morgan fingerprint density at radius 1 is 1.25 bits per heavy atom. The molecule has 0 radical (unpaired) electrons. The summed E-state index contributed by atoms with van der Waals surface area (Å²) in [6.07, 6.45) is 2.12. The van der Waals surface area contributed by atoms with E-state index in [0.717, 1.165) is 32.5 Å². The molecule has 92 valence electrons. The summed E-state index contributed by atoms with van der Waals surface area (Å²) in [6.45, 7) is 3.01. The Kier molecular flexibility index (Phi) is 5.25. The number of nitrogens with zero attached hydrogens (tertiary/aromatic N) is 2. The van der Waals surface area contributed by atoms with Gasteiger partial charge >= 0.3 is 0 Å². The molecule has 16 heavy (non-hydrogen) atoms. The van der Waals surface area contributed by atoms with Crippen LogP contribution in [-0.2, 0) is 9.59 Å². The van der Waals surface area contributed by atoms with Crippen molar-refractivity contribution in [1.29, 1.82) is 0 Å². The first kappa shape index (κ1) is 13.0. The van der Waals surface area contributed by atoms with Crippen LogP contribution in [0.3, 0.4) is 0 Å². The van der Waals surface area contributed by atoms with E-state index in [2.05, 4.69) is 5.32 Å². The van der Waals surface area contributed by atoms with Crippen LogP contribution in [-0.4, -0.2) is 61.9 Å². The molecule has 5 nitrogen and oxygen atoms in total. The molecule has 1 saturated heterocycles. The van der Waals surface area contributed by atoms with Gasteiger partial charge in [0.2, 0.25) is 11.8 Å². The van der Waals surface area contributed by atoms with Crippen molar-refractivity contribution in [2.75, 3.05) is 40.3 Å². The molecular formula is C11H21N3O2. The van der Waals surface area contributed by atoms with Gasteiger partial charge in [-0.2, -0.15) is 0 Å². The average Bonchev–Trinajstić information content (AvgIpc) is 2.69. The van der Waals surface area contributed by atoms with Gasteiger partial charge in [0.25, 0.3) is 0 Å². The third kappa shape index (κ3) is 4.61. The molecule has 1 heterocycles. The van der Waals surface area contributed by atoms with Crippen molar-refractivity contribution in [3.05, 3.63) is 0 Å². The number of carbonyl (C=O) groups is 2. The summed E-state index contributed by atoms with van der Waals surface area (Å²) in [5, 5.41) is 2.74. The summed E-state index contributed by atoms with van der Waals surface area (Å²) >= 11 is 0. The molecule has 1 aliphatic heterocycles. The number of nitrogens with one attached hydrogen (secondary N) is 1. The number of rotatable bonds is 5. The van der Waals surface area contributed by atoms with E-state index in [9.17, 15) is 9.59 Å². The maximum absolute atomic E-state index is 11.6. The molecule has 0 aromatic carbocycles. The lowest BCUT2D eigenvalue weighted by molar-refractivity contribution is -0.135. The molecule has 2 amide bonds. The van der Waals surface area contributed by atoms with Gasteiger partial charge in [-0.3, -0.25) is 9.59 Å². The van der Waals surface area contributed by atoms with Gasteiger partial charge in [-0.05, 0) is 26.9 Å². The highest BCUT2D eigenvalue weighted by molar-refractivity contribution is 5.96. The molecule has 5 heteroatoms. The minimum atomic E-state index is -0.168. The Morgan fingerprint density at radius 3 is 2.44 bits per heavy atom. The van der Waals surface area contributed by atoms with Gasteiger partial charge in [0.05, 0.1) is 0 Å². The first-order chi connectivity index (χ1) is 7.59. The zero-order chi connectivity index (χ0) is 12.0. The quantitative estimate of drug-likeness (QED) is 0.655. The highest BCUT2D eigenvalue weighted by Crippen LogP contribution is 2.08. The van der Waals surface area contributed by atoms with Gasteiger partial charge in [-0.1, -0.05) is 0 Å². The summed E-state index contributed by atoms with van der Waals surface area (Å²) in [5.41, 5.74) is 0. The second-order valence-electron chi connectivity index (χ2n) is 4.42. The van der Waals surface area contributed by atoms with Crippen LogP contribution in [0.25, 0.3) is 0 Å². The molecule has 0 atom stereocenters. The average molecular weight is 227 g/mol. The number of likely N-dealkylation sites (tertiary alicyclic amines) is 1. The maximum Gasteiger partial charge on any atom is 0.232 e. The van der Waals surface area contributed by atoms with E-state index < -0.39 is 0 Å². The normalized spacial score (nSPS) is 15.6. The van der Waals surface area contributed by atoms with Crippen LogP contribution >= 0.6 is 0 Å². The largest absolute Gasteiger partial charge is 0.354 e. The van der Waals surface area contributed by atoms with Crippen molar-refractivity contribution < 1.29 is 9.59 Å². The number of amides is 2. The second-order valence-corrected chi connectivity index (χ2v) is 4.42. The SMILES string of the molecule is CN(C)CCNC(=O)CC(=O)N1CCCC1. The number of likely N-dealkylation sites (N-methyl/N-ethyl adjacent to an activating group) is 1. The Hall–Kier alpha value is -1.10. The first-order valence-electron chi connectivity index (χ1n) is 5.79. The van der Waals surface area contributed by atoms with E-state index in [4.69, 9.17) is 0 Å². The van der Waals surface area contributed by atoms with Crippen LogP contribution in [0.2, 0.25) is 0 Å². The van der Waals surface area contributed by atoms with Crippen LogP contribution < -0.4 is 5.32 Å². The minimum Gasteiger partial charge on any atom is -0.354 e. The zero-order valence-corrected chi connectivity index (χ0v) is 10.2. The van der Waals surface area contributed by atoms with E-state index >= 15 is 0 Å². The van der Waals surface area contributed by atoms with Gasteiger partial charge in [-0.25, -0.2) is 0 Å². The number of hydrogen-bond donors (Lipinski definition) is 1. The van der Waals surface area contributed by atoms with E-state index in [-0.39, 0.29) is 18.2 Å². The molecule has 1 aliphatic rings. The predicted octanol–water partition coefficient (Wildman–Crippen LogP) is -0.323. The maximum atomic E-state index is 11.6. The van der Waals surface area contributed by atoms with E-state index in [1.54, 1.807) is 4.90 Å². The van der Waals surface area contributed by atoms with Crippen molar-refractivity contribution >= 4 is 11.8 Å². The molecule has 0 aromatic heterocycles. The fraction of sp³-hybridized carbons (Fsp3) is 0.818. The van der Waals surface area contributed by atoms with Gasteiger partial charge < -0.3 is 15.1 Å². The molecule has 1 fully saturated rings. The standard InChI is InChI=1S/C11H21N3O2/c1-13(2)8-5-12-10(15)9-11(16)14-6-3-4-7-14/h3-9H2,1-2H3,(H,12,15). The van der Waals surface area contributed by atoms with Crippen LogP contribution in [0.1, 0.15) is 19.3 Å². The molecule has 0 bridgehead atoms. The lowest BCUT2D eigenvalue weighted by Crippen LogP contribution is -2.36. The predicted molar refractivity (Wildman–Crippen MR) is 62.0 cm³/mol. The molecular weight excluding hydrogens is 206 g/mol. The third-order valence-electron chi connectivity index (χ3n) is 2.65. The van der Waals surface area contributed by atoms with Crippen molar-refractivity contribution in [2.45, 2.75) is 19.3 Å². The number of hydrogen-bond acceptors (Lipinski definition) is 3. The van der Waals surface area contributed by atoms with Crippen LogP contribution in [0.4, 0.5) is 0 Å². The Morgan fingerprint density at radius 2 is 1.88 bits per heavy atom. The van der Waals surface area contributed by atoms with E-state index in [1.165, 1.54) is 0 Å². The lowest BCUT2D eigenvalue weighted by Gasteiger charge is -2.15. The van der Waals surface area contributed by atoms with Crippen LogP contribution in [0.15, 0.2) is 0 Å². The Labute approximate surface area is 96.8 Å². The molecule has 1 N–H and O–H groups in total. The van der Waals surface area contributed by atoms with Gasteiger partial charge in [0.15, 0.2) is 0 Å². The molecule has 0 aliphatic carbocycles. The summed E-state index contributed by atoms with van der Waals surface area (Å²) < 4.78 is 0. The topological polar surface area (TPSA) is 52.7 Å². The van der Waals surface area contributed by atoms with E-state index in [1.807, 2.05) is 19.0 Å². The zero-order valence-electron chi connectivity index (χ0n) is 10.2. The minimum absolute atomic E-state index is 0.00652. The van der Waals surface area contributed by atoms with Crippen molar-refractivity contribution in [3.63, 3.8) is 0 Å². The van der Waals surface area contributed by atoms with Crippen molar-refractivity contribution in [2.24, 2.45) is 0 Å². The Balaban J connectivity index is 2.15. The molecule has 0 aromatic rings. The third-order valence-corrected chi connectivity index (χ3v) is 2.65. The summed E-state index contributed by atoms with van der Waals surface area (Å²) in [6, 6.07) is 0. The van der Waals surface area contributed by atoms with Crippen molar-refractivity contribution in [1.82, 2.24) is 15.1 Å². The highest BCUT2D eigenvalue weighted by Gasteiger charge is 2.19. The monoisotopic (exact) mass is 227 g/mol. The van der Waals surface area contributed by atoms with Gasteiger partial charge in [-0.15, -0.1) is 0 Å². The molecule has 0 unspecified atom stereocenters. The lowest BCUT2D eigenvalue weighted by atomic mass is 10.3. The first-order valence-corrected chi connectivity index (χ1v) is 5.79. The smallest absolute Gasteiger partial charge is 0.232 e. The molecule has 0 saturated carbocycles. The van der Waals surface area contributed by atoms with Crippen LogP contribution in [0.5, 0.6) is 0 Å². The summed E-state index contributed by atoms with van der Waals surface area (Å²) in [5.74, 6) is -0.210. The van der Waals surface area contributed by atoms with Crippen LogP contribution in [0, 0.1) is 0 Å². The van der Waals surface area contributed by atoms with E-state index in [0.29, 0.717) is 6.54 Å². The molecule has 1 rings (SSSR count).